The minimum Gasteiger partial charge on any atom is -0.398 e. The minimum absolute atomic E-state index is 0.0499. The highest BCUT2D eigenvalue weighted by molar-refractivity contribution is 6.17. The first-order valence-electron chi connectivity index (χ1n) is 3.75. The lowest BCUT2D eigenvalue weighted by Gasteiger charge is -2.04. The lowest BCUT2D eigenvalue weighted by Crippen LogP contribution is -2.05. The summed E-state index contributed by atoms with van der Waals surface area (Å²) in [6, 6.07) is 0.884. The van der Waals surface area contributed by atoms with E-state index in [0.29, 0.717) is 0 Å². The van der Waals surface area contributed by atoms with Crippen LogP contribution in [0.3, 0.4) is 0 Å². The first kappa shape index (κ1) is 11.6. The van der Waals surface area contributed by atoms with Crippen molar-refractivity contribution in [2.75, 3.05) is 5.73 Å². The van der Waals surface area contributed by atoms with Crippen LogP contribution < -0.4 is 5.73 Å². The molecule has 0 radical (unpaired) electrons. The Morgan fingerprint density at radius 1 is 1.67 bits per heavy atom. The molecule has 0 unspecified atom stereocenters. The molecule has 1 heterocycles. The molecule has 0 spiro atoms. The molecule has 0 saturated carbocycles. The number of nitrogen functional groups attached to an aromatic ring is 1. The van der Waals surface area contributed by atoms with Crippen LogP contribution >= 0.6 is 11.6 Å². The van der Waals surface area contributed by atoms with Gasteiger partial charge in [-0.25, -0.2) is 8.78 Å². The molecule has 1 aromatic heterocycles. The number of nitrogens with two attached hydrogens (primary N) is 1. The van der Waals surface area contributed by atoms with Crippen LogP contribution in [0.15, 0.2) is 6.07 Å². The Labute approximate surface area is 88.0 Å². The average molecular weight is 238 g/mol. The van der Waals surface area contributed by atoms with Crippen LogP contribution in [0.1, 0.15) is 17.7 Å². The maximum Gasteiger partial charge on any atom is 0.370 e. The fourth-order valence-corrected chi connectivity index (χ4v) is 1.27. The summed E-state index contributed by atoms with van der Waals surface area (Å²) < 4.78 is 24.5. The second-order valence-electron chi connectivity index (χ2n) is 2.63. The number of hydrogen-bond acceptors (Lipinski definition) is 4. The smallest absolute Gasteiger partial charge is 0.370 e. The molecule has 0 atom stereocenters. The van der Waals surface area contributed by atoms with Crippen LogP contribution in [-0.2, 0) is 5.88 Å². The van der Waals surface area contributed by atoms with Gasteiger partial charge in [-0.15, -0.1) is 11.6 Å². The van der Waals surface area contributed by atoms with Crippen molar-refractivity contribution in [1.29, 1.82) is 0 Å². The number of rotatable bonds is 3. The van der Waals surface area contributed by atoms with Gasteiger partial charge in [0.25, 0.3) is 0 Å². The molecule has 0 fully saturated rings. The Balaban J connectivity index is 3.38. The first-order valence-corrected chi connectivity index (χ1v) is 4.28. The highest BCUT2D eigenvalue weighted by Gasteiger charge is 2.24. The topological polar surface area (TPSA) is 82.0 Å². The average Bonchev–Trinajstić information content (AvgIpc) is 2.16. The fourth-order valence-electron chi connectivity index (χ4n) is 0.997. The van der Waals surface area contributed by atoms with Crippen molar-refractivity contribution in [3.8, 4) is 0 Å². The zero-order chi connectivity index (χ0) is 11.6. The summed E-state index contributed by atoms with van der Waals surface area (Å²) in [6.07, 6.45) is -2.91. The molecule has 82 valence electrons. The zero-order valence-electron chi connectivity index (χ0n) is 7.28. The van der Waals surface area contributed by atoms with Gasteiger partial charge in [-0.1, -0.05) is 0 Å². The Morgan fingerprint density at radius 2 is 2.27 bits per heavy atom. The molecule has 1 aromatic rings. The molecule has 0 aliphatic carbocycles. The van der Waals surface area contributed by atoms with Crippen molar-refractivity contribution in [3.63, 3.8) is 0 Å². The molecule has 0 amide bonds. The van der Waals surface area contributed by atoms with E-state index in [9.17, 15) is 18.9 Å². The molecular weight excluding hydrogens is 232 g/mol. The lowest BCUT2D eigenvalue weighted by atomic mass is 10.2. The highest BCUT2D eigenvalue weighted by Crippen LogP contribution is 2.28. The zero-order valence-corrected chi connectivity index (χ0v) is 8.04. The molecule has 5 nitrogen and oxygen atoms in total. The molecule has 0 aromatic carbocycles. The number of nitro groups is 1. The van der Waals surface area contributed by atoms with Crippen LogP contribution in [0.25, 0.3) is 0 Å². The number of aromatic nitrogens is 1. The molecule has 0 bridgehead atoms. The minimum atomic E-state index is -2.91. The summed E-state index contributed by atoms with van der Waals surface area (Å²) in [5.41, 5.74) is 4.42. The molecule has 2 N–H and O–H groups in total. The summed E-state index contributed by atoms with van der Waals surface area (Å²) in [5, 5.41) is 10.5. The van der Waals surface area contributed by atoms with Gasteiger partial charge in [0.05, 0.1) is 11.4 Å². The van der Waals surface area contributed by atoms with E-state index in [-0.39, 0.29) is 17.1 Å². The number of hydrogen-bond donors (Lipinski definition) is 1. The number of alkyl halides is 3. The van der Waals surface area contributed by atoms with E-state index in [4.69, 9.17) is 17.3 Å². The van der Waals surface area contributed by atoms with Gasteiger partial charge in [0.1, 0.15) is 0 Å². The van der Waals surface area contributed by atoms with Crippen molar-refractivity contribution in [3.05, 3.63) is 27.4 Å². The largest absolute Gasteiger partial charge is 0.398 e. The van der Waals surface area contributed by atoms with Gasteiger partial charge in [-0.2, -0.15) is 0 Å². The fraction of sp³-hybridized carbons (Fsp3) is 0.286. The van der Waals surface area contributed by atoms with Gasteiger partial charge in [0, 0.05) is 11.8 Å². The summed E-state index contributed by atoms with van der Waals surface area (Å²) >= 11 is 5.40. The van der Waals surface area contributed by atoms with E-state index in [2.05, 4.69) is 4.98 Å². The Kier molecular flexibility index (Phi) is 3.35. The van der Waals surface area contributed by atoms with E-state index < -0.39 is 22.9 Å². The molecule has 8 heteroatoms. The van der Waals surface area contributed by atoms with Crippen LogP contribution in [0.2, 0.25) is 0 Å². The van der Waals surface area contributed by atoms with Gasteiger partial charge in [0.2, 0.25) is 5.69 Å². The Morgan fingerprint density at radius 3 is 2.67 bits per heavy atom. The number of halogens is 3. The predicted molar refractivity (Wildman–Crippen MR) is 49.8 cm³/mol. The molecular formula is C7H6ClF2N3O2. The summed E-state index contributed by atoms with van der Waals surface area (Å²) in [4.78, 5) is 12.8. The summed E-state index contributed by atoms with van der Waals surface area (Å²) in [7, 11) is 0. The van der Waals surface area contributed by atoms with Crippen LogP contribution in [-0.4, -0.2) is 9.91 Å². The van der Waals surface area contributed by atoms with Crippen LogP contribution in [0, 0.1) is 10.1 Å². The van der Waals surface area contributed by atoms with E-state index in [1.807, 2.05) is 0 Å². The van der Waals surface area contributed by atoms with Gasteiger partial charge in [-0.05, 0) is 9.91 Å². The second-order valence-corrected chi connectivity index (χ2v) is 2.90. The van der Waals surface area contributed by atoms with E-state index >= 15 is 0 Å². The van der Waals surface area contributed by atoms with E-state index in [0.717, 1.165) is 6.07 Å². The second kappa shape index (κ2) is 4.35. The van der Waals surface area contributed by atoms with Crippen molar-refractivity contribution in [2.24, 2.45) is 0 Å². The molecule has 0 aliphatic heterocycles. The van der Waals surface area contributed by atoms with Gasteiger partial charge < -0.3 is 15.8 Å². The summed E-state index contributed by atoms with van der Waals surface area (Å²) in [5.74, 6) is -0.973. The molecule has 1 rings (SSSR count). The van der Waals surface area contributed by atoms with Crippen molar-refractivity contribution >= 4 is 23.1 Å². The number of nitrogens with zero attached hydrogens (tertiary/aromatic N) is 2. The van der Waals surface area contributed by atoms with Gasteiger partial charge >= 0.3 is 12.2 Å². The molecule has 0 aliphatic rings. The molecule has 15 heavy (non-hydrogen) atoms. The highest BCUT2D eigenvalue weighted by atomic mass is 35.5. The maximum atomic E-state index is 12.3. The summed E-state index contributed by atoms with van der Waals surface area (Å²) in [6.45, 7) is 0. The van der Waals surface area contributed by atoms with Crippen molar-refractivity contribution < 1.29 is 13.7 Å². The monoisotopic (exact) mass is 237 g/mol. The Hall–Kier alpha value is -1.50. The SMILES string of the molecule is Nc1cc(C(F)F)nc([N+](=O)[O-])c1CCl. The normalized spacial score (nSPS) is 10.7. The number of anilines is 1. The van der Waals surface area contributed by atoms with E-state index in [1.165, 1.54) is 0 Å². The third kappa shape index (κ3) is 2.30. The molecule has 0 saturated heterocycles. The standard InChI is InChI=1S/C7H6ClF2N3O2/c8-2-3-4(11)1-5(6(9)10)12-7(3)13(14)15/h1,6H,2H2,(H2,11,12). The van der Waals surface area contributed by atoms with Crippen LogP contribution in [0.4, 0.5) is 20.3 Å². The lowest BCUT2D eigenvalue weighted by molar-refractivity contribution is -0.390. The first-order chi connectivity index (χ1) is 6.97. The predicted octanol–water partition coefficient (Wildman–Crippen LogP) is 2.25. The van der Waals surface area contributed by atoms with E-state index in [1.54, 1.807) is 0 Å². The van der Waals surface area contributed by atoms with Crippen LogP contribution in [0.5, 0.6) is 0 Å². The van der Waals surface area contributed by atoms with Crippen molar-refractivity contribution in [1.82, 2.24) is 4.98 Å². The third-order valence-corrected chi connectivity index (χ3v) is 1.95. The quantitative estimate of drug-likeness (QED) is 0.497. The van der Waals surface area contributed by atoms with Crippen molar-refractivity contribution in [2.45, 2.75) is 12.3 Å². The van der Waals surface area contributed by atoms with Gasteiger partial charge in [0.15, 0.2) is 0 Å². The van der Waals surface area contributed by atoms with Gasteiger partial charge in [-0.3, -0.25) is 0 Å². The Bertz CT molecular complexity index is 400. The third-order valence-electron chi connectivity index (χ3n) is 1.69. The number of pyridine rings is 1. The maximum absolute atomic E-state index is 12.3.